The first-order valence-electron chi connectivity index (χ1n) is 11.8. The highest BCUT2D eigenvalue weighted by molar-refractivity contribution is 7.92. The molecule has 0 heterocycles. The highest BCUT2D eigenvalue weighted by Crippen LogP contribution is 2.23. The molecule has 0 aliphatic rings. The van der Waals surface area contributed by atoms with Crippen molar-refractivity contribution in [3.05, 3.63) is 100 Å². The van der Waals surface area contributed by atoms with E-state index >= 15 is 0 Å². The summed E-state index contributed by atoms with van der Waals surface area (Å²) < 4.78 is 26.7. The van der Waals surface area contributed by atoms with Crippen LogP contribution in [0.25, 0.3) is 0 Å². The highest BCUT2D eigenvalue weighted by atomic mass is 35.5. The lowest BCUT2D eigenvalue weighted by Gasteiger charge is -2.33. The van der Waals surface area contributed by atoms with Crippen molar-refractivity contribution in [2.24, 2.45) is 0 Å². The predicted molar refractivity (Wildman–Crippen MR) is 148 cm³/mol. The van der Waals surface area contributed by atoms with Gasteiger partial charge in [-0.25, -0.2) is 8.42 Å². The molecule has 9 heteroatoms. The van der Waals surface area contributed by atoms with Crippen LogP contribution in [0.3, 0.4) is 0 Å². The molecular formula is C28H32ClN3O4S. The smallest absolute Gasteiger partial charge is 0.244 e. The number of likely N-dealkylation sites (N-methyl/N-ethyl adjacent to an activating group) is 1. The third-order valence-electron chi connectivity index (χ3n) is 6.24. The second-order valence-electron chi connectivity index (χ2n) is 9.01. The molecule has 0 fully saturated rings. The van der Waals surface area contributed by atoms with Gasteiger partial charge in [-0.1, -0.05) is 60.1 Å². The first kappa shape index (κ1) is 28.2. The molecule has 0 saturated heterocycles. The number of nitrogens with zero attached hydrogens (tertiary/aromatic N) is 2. The van der Waals surface area contributed by atoms with E-state index in [0.29, 0.717) is 10.7 Å². The van der Waals surface area contributed by atoms with Gasteiger partial charge in [0.1, 0.15) is 12.6 Å². The number of carbonyl (C=O) groups is 2. The van der Waals surface area contributed by atoms with Crippen LogP contribution in [0, 0.1) is 13.8 Å². The van der Waals surface area contributed by atoms with E-state index in [0.717, 1.165) is 32.8 Å². The quantitative estimate of drug-likeness (QED) is 0.418. The van der Waals surface area contributed by atoms with Crippen molar-refractivity contribution in [2.75, 3.05) is 24.2 Å². The van der Waals surface area contributed by atoms with Crippen LogP contribution in [0.1, 0.15) is 22.3 Å². The molecule has 0 bridgehead atoms. The summed E-state index contributed by atoms with van der Waals surface area (Å²) >= 11 is 6.05. The number of nitrogens with one attached hydrogen (secondary N) is 1. The molecule has 196 valence electrons. The van der Waals surface area contributed by atoms with Crippen molar-refractivity contribution in [1.82, 2.24) is 10.2 Å². The van der Waals surface area contributed by atoms with Crippen LogP contribution in [-0.4, -0.2) is 51.0 Å². The van der Waals surface area contributed by atoms with Crippen molar-refractivity contribution in [3.8, 4) is 0 Å². The van der Waals surface area contributed by atoms with Gasteiger partial charge in [-0.2, -0.15) is 0 Å². The van der Waals surface area contributed by atoms with Crippen molar-refractivity contribution < 1.29 is 18.0 Å². The minimum absolute atomic E-state index is 0.103. The van der Waals surface area contributed by atoms with Gasteiger partial charge in [0.15, 0.2) is 0 Å². The fraction of sp³-hybridized carbons (Fsp3) is 0.286. The molecule has 1 unspecified atom stereocenters. The lowest BCUT2D eigenvalue weighted by molar-refractivity contribution is -0.139. The number of hydrogen-bond acceptors (Lipinski definition) is 4. The minimum atomic E-state index is -3.80. The average Bonchev–Trinajstić information content (AvgIpc) is 2.87. The first-order chi connectivity index (χ1) is 17.5. The van der Waals surface area contributed by atoms with E-state index in [1.165, 1.54) is 11.9 Å². The highest BCUT2D eigenvalue weighted by Gasteiger charge is 2.32. The summed E-state index contributed by atoms with van der Waals surface area (Å²) in [6, 6.07) is 20.8. The predicted octanol–water partition coefficient (Wildman–Crippen LogP) is 4.11. The molecule has 0 aliphatic heterocycles. The summed E-state index contributed by atoms with van der Waals surface area (Å²) in [6.07, 6.45) is 1.33. The van der Waals surface area contributed by atoms with Crippen LogP contribution < -0.4 is 9.62 Å². The fourth-order valence-corrected chi connectivity index (χ4v) is 4.97. The van der Waals surface area contributed by atoms with Gasteiger partial charge in [0.05, 0.1) is 11.9 Å². The van der Waals surface area contributed by atoms with Gasteiger partial charge < -0.3 is 10.2 Å². The Morgan fingerprint density at radius 3 is 2.14 bits per heavy atom. The second kappa shape index (κ2) is 12.3. The number of rotatable bonds is 10. The Hall–Kier alpha value is -3.36. The van der Waals surface area contributed by atoms with Crippen molar-refractivity contribution in [2.45, 2.75) is 32.9 Å². The Morgan fingerprint density at radius 1 is 0.919 bits per heavy atom. The summed E-state index contributed by atoms with van der Waals surface area (Å²) in [5, 5.41) is 3.21. The van der Waals surface area contributed by atoms with E-state index in [1.807, 2.05) is 50.2 Å². The molecule has 2 amide bonds. The molecule has 1 atom stereocenters. The molecule has 0 saturated carbocycles. The minimum Gasteiger partial charge on any atom is -0.357 e. The molecule has 3 aromatic carbocycles. The van der Waals surface area contributed by atoms with E-state index in [1.54, 1.807) is 36.4 Å². The number of anilines is 1. The number of hydrogen-bond donors (Lipinski definition) is 1. The van der Waals surface area contributed by atoms with Crippen LogP contribution in [-0.2, 0) is 32.6 Å². The summed E-state index contributed by atoms with van der Waals surface area (Å²) in [7, 11) is -2.28. The standard InChI is InChI=1S/C28H32ClN3O4S/c1-20-10-15-25(16-21(20)2)32(37(4,35)36)19-27(33)31(18-23-11-13-24(29)14-12-23)26(28(34)30-3)17-22-8-6-5-7-9-22/h5-16,26H,17-19H2,1-4H3,(H,30,34). The summed E-state index contributed by atoms with van der Waals surface area (Å²) in [6.45, 7) is 3.47. The SMILES string of the molecule is CNC(=O)C(Cc1ccccc1)N(Cc1ccc(Cl)cc1)C(=O)CN(c1ccc(C)c(C)c1)S(C)(=O)=O. The molecular weight excluding hydrogens is 510 g/mol. The number of halogens is 1. The van der Waals surface area contributed by atoms with Gasteiger partial charge in [-0.3, -0.25) is 13.9 Å². The number of benzene rings is 3. The summed E-state index contributed by atoms with van der Waals surface area (Å²) in [5.74, 6) is -0.841. The van der Waals surface area contributed by atoms with E-state index in [-0.39, 0.29) is 18.9 Å². The summed E-state index contributed by atoms with van der Waals surface area (Å²) in [5.41, 5.74) is 3.94. The monoisotopic (exact) mass is 541 g/mol. The number of sulfonamides is 1. The Labute approximate surface area is 224 Å². The molecule has 3 rings (SSSR count). The van der Waals surface area contributed by atoms with Gasteiger partial charge >= 0.3 is 0 Å². The van der Waals surface area contributed by atoms with E-state index in [2.05, 4.69) is 5.32 Å². The fourth-order valence-electron chi connectivity index (χ4n) is 4.00. The lowest BCUT2D eigenvalue weighted by atomic mass is 10.0. The van der Waals surface area contributed by atoms with Crippen molar-refractivity contribution in [3.63, 3.8) is 0 Å². The number of amides is 2. The second-order valence-corrected chi connectivity index (χ2v) is 11.3. The van der Waals surface area contributed by atoms with E-state index < -0.39 is 28.5 Å². The zero-order valence-electron chi connectivity index (χ0n) is 21.4. The molecule has 0 aliphatic carbocycles. The van der Waals surface area contributed by atoms with Crippen LogP contribution in [0.15, 0.2) is 72.8 Å². The topological polar surface area (TPSA) is 86.8 Å². The Morgan fingerprint density at radius 2 is 1.57 bits per heavy atom. The van der Waals surface area contributed by atoms with Gasteiger partial charge in [-0.15, -0.1) is 0 Å². The maximum atomic E-state index is 13.9. The molecule has 3 aromatic rings. The largest absolute Gasteiger partial charge is 0.357 e. The van der Waals surface area contributed by atoms with Crippen LogP contribution in [0.2, 0.25) is 5.02 Å². The molecule has 7 nitrogen and oxygen atoms in total. The lowest BCUT2D eigenvalue weighted by Crippen LogP contribution is -2.52. The number of carbonyl (C=O) groups excluding carboxylic acids is 2. The number of aryl methyl sites for hydroxylation is 2. The molecule has 0 radical (unpaired) electrons. The van der Waals surface area contributed by atoms with Crippen molar-refractivity contribution in [1.29, 1.82) is 0 Å². The Kier molecular flexibility index (Phi) is 9.34. The van der Waals surface area contributed by atoms with Crippen LogP contribution >= 0.6 is 11.6 Å². The third kappa shape index (κ3) is 7.57. The maximum absolute atomic E-state index is 13.9. The van der Waals surface area contributed by atoms with Crippen LogP contribution in [0.5, 0.6) is 0 Å². The Bertz CT molecular complexity index is 1350. The van der Waals surface area contributed by atoms with E-state index in [4.69, 9.17) is 11.6 Å². The van der Waals surface area contributed by atoms with Gasteiger partial charge in [0.2, 0.25) is 21.8 Å². The zero-order chi connectivity index (χ0) is 27.2. The molecule has 37 heavy (non-hydrogen) atoms. The Balaban J connectivity index is 2.03. The summed E-state index contributed by atoms with van der Waals surface area (Å²) in [4.78, 5) is 28.4. The molecule has 0 spiro atoms. The van der Waals surface area contributed by atoms with Gasteiger partial charge in [-0.05, 0) is 60.4 Å². The van der Waals surface area contributed by atoms with Gasteiger partial charge in [0, 0.05) is 25.0 Å². The van der Waals surface area contributed by atoms with Crippen LogP contribution in [0.4, 0.5) is 5.69 Å². The van der Waals surface area contributed by atoms with E-state index in [9.17, 15) is 18.0 Å². The van der Waals surface area contributed by atoms with Gasteiger partial charge in [0.25, 0.3) is 0 Å². The zero-order valence-corrected chi connectivity index (χ0v) is 23.0. The molecule has 1 N–H and O–H groups in total. The maximum Gasteiger partial charge on any atom is 0.244 e. The average molecular weight is 542 g/mol. The first-order valence-corrected chi connectivity index (χ1v) is 14.1. The normalized spacial score (nSPS) is 12.0. The third-order valence-corrected chi connectivity index (χ3v) is 7.63. The molecule has 0 aromatic heterocycles. The van der Waals surface area contributed by atoms with Crippen molar-refractivity contribution >= 4 is 39.1 Å².